The fourth-order valence-corrected chi connectivity index (χ4v) is 3.97. The molecule has 0 N–H and O–H groups in total. The van der Waals surface area contributed by atoms with Gasteiger partial charge in [0.25, 0.3) is 0 Å². The number of ether oxygens (including phenoxy) is 8. The summed E-state index contributed by atoms with van der Waals surface area (Å²) in [7, 11) is 6.50. The van der Waals surface area contributed by atoms with Gasteiger partial charge in [-0.05, 0) is 48.2 Å². The maximum Gasteiger partial charge on any atom is 0.203 e. The van der Waals surface area contributed by atoms with E-state index < -0.39 is 0 Å². The Labute approximate surface area is 226 Å². The third-order valence-electron chi connectivity index (χ3n) is 6.16. The van der Waals surface area contributed by atoms with E-state index in [-0.39, 0.29) is 12.2 Å². The lowest BCUT2D eigenvalue weighted by molar-refractivity contribution is 0.0508. The summed E-state index contributed by atoms with van der Waals surface area (Å²) >= 11 is 0. The number of hydrogen-bond acceptors (Lipinski definition) is 8. The number of benzene rings is 2. The molecule has 1 saturated heterocycles. The monoisotopic (exact) mass is 530 g/mol. The SMILES string of the molecule is CCCCOc1c(OC)cc(/C=C/CO[C@H](c2cc(OC)c(OCCCC)c(OC)c2)C2CO2)cc1OC. The van der Waals surface area contributed by atoms with Crippen molar-refractivity contribution in [1.82, 2.24) is 0 Å². The highest BCUT2D eigenvalue weighted by molar-refractivity contribution is 5.62. The van der Waals surface area contributed by atoms with E-state index in [1.165, 1.54) is 0 Å². The van der Waals surface area contributed by atoms with Crippen molar-refractivity contribution in [2.24, 2.45) is 0 Å². The van der Waals surface area contributed by atoms with Gasteiger partial charge in [0.05, 0.1) is 54.9 Å². The van der Waals surface area contributed by atoms with Gasteiger partial charge in [0.1, 0.15) is 12.2 Å². The lowest BCUT2D eigenvalue weighted by Gasteiger charge is -2.20. The Morgan fingerprint density at radius 1 is 0.789 bits per heavy atom. The zero-order valence-corrected chi connectivity index (χ0v) is 23.5. The fourth-order valence-electron chi connectivity index (χ4n) is 3.97. The maximum atomic E-state index is 6.26. The second-order valence-electron chi connectivity index (χ2n) is 8.94. The highest BCUT2D eigenvalue weighted by Crippen LogP contribution is 2.43. The summed E-state index contributed by atoms with van der Waals surface area (Å²) in [6, 6.07) is 7.73. The summed E-state index contributed by atoms with van der Waals surface area (Å²) in [6.45, 7) is 6.47. The number of hydrogen-bond donors (Lipinski definition) is 0. The van der Waals surface area contributed by atoms with Gasteiger partial charge in [0.2, 0.25) is 11.5 Å². The first-order valence-electron chi connectivity index (χ1n) is 13.3. The molecule has 1 unspecified atom stereocenters. The second kappa shape index (κ2) is 15.3. The standard InChI is InChI=1S/C30H42O8/c1-7-9-13-36-29-23(31-3)16-21(17-24(29)32-4)12-11-15-35-28(27-20-38-27)22-18-25(33-5)30(26(19-22)34-6)37-14-10-8-2/h11-12,16-19,27-28H,7-10,13-15,20H2,1-6H3/b12-11+/t27?,28-/m1/s1. The third kappa shape index (κ3) is 7.95. The van der Waals surface area contributed by atoms with Gasteiger partial charge < -0.3 is 37.9 Å². The zero-order valence-electron chi connectivity index (χ0n) is 23.5. The van der Waals surface area contributed by atoms with Gasteiger partial charge in [-0.25, -0.2) is 0 Å². The molecular formula is C30H42O8. The summed E-state index contributed by atoms with van der Waals surface area (Å²) in [5.41, 5.74) is 1.83. The van der Waals surface area contributed by atoms with E-state index in [0.717, 1.165) is 36.8 Å². The topological polar surface area (TPSA) is 77.1 Å². The molecule has 0 aliphatic carbocycles. The van der Waals surface area contributed by atoms with E-state index in [4.69, 9.17) is 37.9 Å². The number of epoxide rings is 1. The Bertz CT molecular complexity index is 981. The highest BCUT2D eigenvalue weighted by atomic mass is 16.6. The third-order valence-corrected chi connectivity index (χ3v) is 6.16. The van der Waals surface area contributed by atoms with Crippen molar-refractivity contribution in [1.29, 1.82) is 0 Å². The predicted octanol–water partition coefficient (Wildman–Crippen LogP) is 6.25. The Hall–Kier alpha value is -3.10. The van der Waals surface area contributed by atoms with Gasteiger partial charge in [-0.1, -0.05) is 38.8 Å². The first kappa shape index (κ1) is 29.5. The van der Waals surface area contributed by atoms with Crippen molar-refractivity contribution < 1.29 is 37.9 Å². The molecule has 8 nitrogen and oxygen atoms in total. The number of unbranched alkanes of at least 4 members (excludes halogenated alkanes) is 2. The largest absolute Gasteiger partial charge is 0.493 e. The van der Waals surface area contributed by atoms with Crippen LogP contribution in [-0.4, -0.2) is 61.0 Å². The lowest BCUT2D eigenvalue weighted by Crippen LogP contribution is -2.12. The predicted molar refractivity (Wildman–Crippen MR) is 147 cm³/mol. The van der Waals surface area contributed by atoms with Gasteiger partial charge in [-0.15, -0.1) is 0 Å². The Kier molecular flexibility index (Phi) is 11.9. The summed E-state index contributed by atoms with van der Waals surface area (Å²) in [4.78, 5) is 0. The van der Waals surface area contributed by atoms with Gasteiger partial charge in [0, 0.05) is 0 Å². The molecule has 2 aromatic rings. The maximum absolute atomic E-state index is 6.26. The van der Waals surface area contributed by atoms with Crippen LogP contribution in [-0.2, 0) is 9.47 Å². The van der Waals surface area contributed by atoms with E-state index in [1.807, 2.05) is 36.4 Å². The lowest BCUT2D eigenvalue weighted by atomic mass is 10.1. The minimum Gasteiger partial charge on any atom is -0.493 e. The first-order valence-corrected chi connectivity index (χ1v) is 13.3. The van der Waals surface area contributed by atoms with Crippen molar-refractivity contribution in [3.05, 3.63) is 41.5 Å². The average Bonchev–Trinajstić information content (AvgIpc) is 3.78. The van der Waals surface area contributed by atoms with Crippen LogP contribution in [0, 0.1) is 0 Å². The second-order valence-corrected chi connectivity index (χ2v) is 8.94. The molecule has 1 heterocycles. The van der Waals surface area contributed by atoms with Crippen molar-refractivity contribution in [2.45, 2.75) is 51.7 Å². The van der Waals surface area contributed by atoms with Crippen LogP contribution in [0.25, 0.3) is 6.08 Å². The van der Waals surface area contributed by atoms with E-state index in [1.54, 1.807) is 28.4 Å². The van der Waals surface area contributed by atoms with Crippen molar-refractivity contribution in [2.75, 3.05) is 54.9 Å². The molecule has 1 fully saturated rings. The summed E-state index contributed by atoms with van der Waals surface area (Å²) < 4.78 is 46.1. The molecule has 210 valence electrons. The normalized spacial score (nSPS) is 15.3. The molecular weight excluding hydrogens is 488 g/mol. The Morgan fingerprint density at radius 2 is 1.26 bits per heavy atom. The van der Waals surface area contributed by atoms with Gasteiger partial charge >= 0.3 is 0 Å². The molecule has 38 heavy (non-hydrogen) atoms. The van der Waals surface area contributed by atoms with E-state index in [2.05, 4.69) is 13.8 Å². The van der Waals surface area contributed by atoms with Crippen LogP contribution < -0.4 is 28.4 Å². The number of rotatable bonds is 18. The van der Waals surface area contributed by atoms with Crippen LogP contribution in [0.3, 0.4) is 0 Å². The molecule has 2 atom stereocenters. The highest BCUT2D eigenvalue weighted by Gasteiger charge is 2.36. The number of methoxy groups -OCH3 is 4. The first-order chi connectivity index (χ1) is 18.6. The molecule has 0 aromatic heterocycles. The summed E-state index contributed by atoms with van der Waals surface area (Å²) in [5, 5.41) is 0. The van der Waals surface area contributed by atoms with Gasteiger partial charge in [0.15, 0.2) is 23.0 Å². The summed E-state index contributed by atoms with van der Waals surface area (Å²) in [6.07, 6.45) is 7.64. The van der Waals surface area contributed by atoms with E-state index in [9.17, 15) is 0 Å². The van der Waals surface area contributed by atoms with Crippen LogP contribution in [0.1, 0.15) is 56.8 Å². The van der Waals surface area contributed by atoms with Crippen LogP contribution in [0.15, 0.2) is 30.3 Å². The van der Waals surface area contributed by atoms with Crippen molar-refractivity contribution in [3.8, 4) is 34.5 Å². The average molecular weight is 531 g/mol. The quantitative estimate of drug-likeness (QED) is 0.165. The molecule has 2 aromatic carbocycles. The molecule has 1 aliphatic heterocycles. The summed E-state index contributed by atoms with van der Waals surface area (Å²) in [5.74, 6) is 3.71. The van der Waals surface area contributed by atoms with Crippen LogP contribution in [0.4, 0.5) is 0 Å². The minimum absolute atomic E-state index is 0.0237. The molecule has 3 rings (SSSR count). The van der Waals surface area contributed by atoms with Crippen LogP contribution in [0.5, 0.6) is 34.5 Å². The van der Waals surface area contributed by atoms with Crippen molar-refractivity contribution in [3.63, 3.8) is 0 Å². The molecule has 0 spiro atoms. The smallest absolute Gasteiger partial charge is 0.203 e. The van der Waals surface area contributed by atoms with Crippen LogP contribution >= 0.6 is 0 Å². The van der Waals surface area contributed by atoms with E-state index >= 15 is 0 Å². The molecule has 0 saturated carbocycles. The van der Waals surface area contributed by atoms with Crippen molar-refractivity contribution >= 4 is 6.08 Å². The zero-order chi connectivity index (χ0) is 27.3. The van der Waals surface area contributed by atoms with Crippen LogP contribution in [0.2, 0.25) is 0 Å². The van der Waals surface area contributed by atoms with Gasteiger partial charge in [-0.2, -0.15) is 0 Å². The van der Waals surface area contributed by atoms with E-state index in [0.29, 0.717) is 60.9 Å². The molecule has 0 bridgehead atoms. The minimum atomic E-state index is -0.273. The molecule has 0 amide bonds. The Morgan fingerprint density at radius 3 is 1.68 bits per heavy atom. The molecule has 8 heteroatoms. The molecule has 1 aliphatic rings. The van der Waals surface area contributed by atoms with Gasteiger partial charge in [-0.3, -0.25) is 0 Å². The Balaban J connectivity index is 1.73. The fraction of sp³-hybridized carbons (Fsp3) is 0.533. The molecule has 0 radical (unpaired) electrons.